The van der Waals surface area contributed by atoms with Crippen molar-refractivity contribution < 1.29 is 8.82 Å². The Labute approximate surface area is 52.0 Å². The van der Waals surface area contributed by atoms with Gasteiger partial charge < -0.3 is 4.43 Å². The van der Waals surface area contributed by atoms with Crippen LogP contribution in [-0.4, -0.2) is 22.6 Å². The summed E-state index contributed by atoms with van der Waals surface area (Å²) in [6, 6.07) is 0. The van der Waals surface area contributed by atoms with E-state index < -0.39 is 8.32 Å². The average molecular weight is 138 g/mol. The maximum absolute atomic E-state index is 9.50. The highest BCUT2D eigenvalue weighted by atomic mass is 28.4. The highest BCUT2D eigenvalue weighted by molar-refractivity contribution is 6.69. The third-order valence-electron chi connectivity index (χ3n) is 0.612. The van der Waals surface area contributed by atoms with Crippen LogP contribution in [0.5, 0.6) is 0 Å². The van der Waals surface area contributed by atoms with E-state index in [0.29, 0.717) is 7.18 Å². The Hall–Kier alpha value is 0.107. The van der Waals surface area contributed by atoms with Crippen LogP contribution >= 0.6 is 0 Å². The Balaban J connectivity index is 0. The number of hydrogen-bond donors (Lipinski definition) is 0. The molecule has 0 amide bonds. The van der Waals surface area contributed by atoms with Crippen LogP contribution in [0.25, 0.3) is 0 Å². The van der Waals surface area contributed by atoms with Crippen molar-refractivity contribution in [1.82, 2.24) is 0 Å². The fourth-order valence-corrected chi connectivity index (χ4v) is 0. The molecule has 0 aliphatic carbocycles. The minimum Gasteiger partial charge on any atom is -0.421 e. The van der Waals surface area contributed by atoms with Crippen molar-refractivity contribution in [2.24, 2.45) is 0 Å². The maximum atomic E-state index is 9.50. The monoisotopic (exact) mass is 138 g/mol. The first-order valence-corrected chi connectivity index (χ1v) is 5.90. The second-order valence-electron chi connectivity index (χ2n) is 2.32. The lowest BCUT2D eigenvalue weighted by molar-refractivity contribution is 0.411. The van der Waals surface area contributed by atoms with Gasteiger partial charge in [0.15, 0.2) is 8.32 Å². The maximum Gasteiger partial charge on any atom is 0.183 e. The smallest absolute Gasteiger partial charge is 0.183 e. The summed E-state index contributed by atoms with van der Waals surface area (Å²) in [4.78, 5) is 0. The molecule has 0 aromatic heterocycles. The molecule has 0 bridgehead atoms. The molecule has 0 unspecified atom stereocenters. The molecule has 0 rings (SSSR count). The van der Waals surface area contributed by atoms with Crippen LogP contribution < -0.4 is 0 Å². The second kappa shape index (κ2) is 5.25. The molecule has 52 valence electrons. The quantitative estimate of drug-likeness (QED) is 0.504. The van der Waals surface area contributed by atoms with Crippen molar-refractivity contribution in [2.45, 2.75) is 19.6 Å². The van der Waals surface area contributed by atoms with Gasteiger partial charge in [-0.2, -0.15) is 0 Å². The van der Waals surface area contributed by atoms with E-state index in [9.17, 15) is 4.39 Å². The van der Waals surface area contributed by atoms with Gasteiger partial charge in [0.25, 0.3) is 0 Å². The van der Waals surface area contributed by atoms with Gasteiger partial charge in [-0.15, -0.1) is 0 Å². The Morgan fingerprint density at radius 3 is 1.25 bits per heavy atom. The summed E-state index contributed by atoms with van der Waals surface area (Å²) in [5, 5.41) is 0. The first kappa shape index (κ1) is 11.0. The van der Waals surface area contributed by atoms with Crippen molar-refractivity contribution >= 4 is 8.32 Å². The lowest BCUT2D eigenvalue weighted by atomic mass is 11.8. The van der Waals surface area contributed by atoms with Crippen LogP contribution in [0.2, 0.25) is 19.6 Å². The largest absolute Gasteiger partial charge is 0.421 e. The van der Waals surface area contributed by atoms with Gasteiger partial charge in [-0.25, -0.2) is 0 Å². The van der Waals surface area contributed by atoms with E-state index in [0.717, 1.165) is 0 Å². The lowest BCUT2D eigenvalue weighted by Gasteiger charge is -2.10. The number of halogens is 1. The van der Waals surface area contributed by atoms with Gasteiger partial charge in [0.05, 0.1) is 7.18 Å². The van der Waals surface area contributed by atoms with Crippen molar-refractivity contribution in [3.63, 3.8) is 0 Å². The average Bonchev–Trinajstić information content (AvgIpc) is 1.71. The van der Waals surface area contributed by atoms with E-state index in [-0.39, 0.29) is 0 Å². The highest BCUT2D eigenvalue weighted by Crippen LogP contribution is 1.97. The van der Waals surface area contributed by atoms with Crippen LogP contribution in [0.4, 0.5) is 4.39 Å². The van der Waals surface area contributed by atoms with Crippen LogP contribution in [0, 0.1) is 0 Å². The van der Waals surface area contributed by atoms with Crippen LogP contribution in [0.1, 0.15) is 0 Å². The SMILES string of the molecule is CF.CO[Si](C)(C)C. The second-order valence-corrected chi connectivity index (χ2v) is 6.95. The van der Waals surface area contributed by atoms with Gasteiger partial charge in [-0.05, 0) is 19.6 Å². The summed E-state index contributed by atoms with van der Waals surface area (Å²) >= 11 is 0. The Bertz CT molecular complexity index is 42.2. The van der Waals surface area contributed by atoms with Gasteiger partial charge in [0.1, 0.15) is 0 Å². The minimum atomic E-state index is -1.13. The molecule has 8 heavy (non-hydrogen) atoms. The summed E-state index contributed by atoms with van der Waals surface area (Å²) in [6.45, 7) is 6.48. The van der Waals surface area contributed by atoms with E-state index in [2.05, 4.69) is 19.6 Å². The molecule has 0 saturated carbocycles. The highest BCUT2D eigenvalue weighted by Gasteiger charge is 2.09. The Kier molecular flexibility index (Phi) is 7.20. The third-order valence-corrected chi connectivity index (χ3v) is 1.84. The molecule has 0 radical (unpaired) electrons. The third kappa shape index (κ3) is 16.5. The summed E-state index contributed by atoms with van der Waals surface area (Å²) < 4.78 is 14.6. The van der Waals surface area contributed by atoms with Crippen molar-refractivity contribution in [3.05, 3.63) is 0 Å². The fraction of sp³-hybridized carbons (Fsp3) is 1.00. The molecule has 3 heteroatoms. The molecule has 0 aromatic carbocycles. The Morgan fingerprint density at radius 1 is 1.12 bits per heavy atom. The molecule has 0 spiro atoms. The molecule has 1 nitrogen and oxygen atoms in total. The zero-order valence-corrected chi connectivity index (χ0v) is 7.29. The van der Waals surface area contributed by atoms with Gasteiger partial charge in [-0.1, -0.05) is 0 Å². The molecular formula is C5H15FOSi. The predicted molar refractivity (Wildman–Crippen MR) is 37.4 cm³/mol. The zero-order chi connectivity index (χ0) is 7.21. The van der Waals surface area contributed by atoms with Crippen LogP contribution in [-0.2, 0) is 4.43 Å². The molecule has 0 heterocycles. The Morgan fingerprint density at radius 2 is 1.25 bits per heavy atom. The number of hydrogen-bond acceptors (Lipinski definition) is 1. The first-order chi connectivity index (χ1) is 3.56. The predicted octanol–water partition coefficient (Wildman–Crippen LogP) is 2.05. The zero-order valence-electron chi connectivity index (χ0n) is 6.29. The summed E-state index contributed by atoms with van der Waals surface area (Å²) in [6.07, 6.45) is 0. The summed E-state index contributed by atoms with van der Waals surface area (Å²) in [5.74, 6) is 0. The molecule has 0 saturated heterocycles. The molecule has 0 aliphatic rings. The fourth-order valence-electron chi connectivity index (χ4n) is 0. The van der Waals surface area contributed by atoms with E-state index in [1.165, 1.54) is 0 Å². The summed E-state index contributed by atoms with van der Waals surface area (Å²) in [7, 11) is 1.14. The van der Waals surface area contributed by atoms with Gasteiger partial charge in [0, 0.05) is 7.11 Å². The van der Waals surface area contributed by atoms with Gasteiger partial charge in [-0.3, -0.25) is 4.39 Å². The van der Waals surface area contributed by atoms with Crippen LogP contribution in [0.15, 0.2) is 0 Å². The molecule has 0 fully saturated rings. The van der Waals surface area contributed by atoms with E-state index in [1.54, 1.807) is 7.11 Å². The van der Waals surface area contributed by atoms with E-state index in [1.807, 2.05) is 0 Å². The van der Waals surface area contributed by atoms with Crippen molar-refractivity contribution in [1.29, 1.82) is 0 Å². The molecular weight excluding hydrogens is 123 g/mol. The molecule has 0 N–H and O–H groups in total. The normalized spacial score (nSPS) is 9.75. The molecule has 0 aromatic rings. The summed E-state index contributed by atoms with van der Waals surface area (Å²) in [5.41, 5.74) is 0. The number of rotatable bonds is 1. The number of alkyl halides is 1. The van der Waals surface area contributed by atoms with Gasteiger partial charge >= 0.3 is 0 Å². The molecule has 0 aliphatic heterocycles. The minimum absolute atomic E-state index is 0.500. The van der Waals surface area contributed by atoms with E-state index in [4.69, 9.17) is 4.43 Å². The first-order valence-electron chi connectivity index (χ1n) is 2.49. The van der Waals surface area contributed by atoms with Crippen LogP contribution in [0.3, 0.4) is 0 Å². The molecule has 0 atom stereocenters. The van der Waals surface area contributed by atoms with Crippen molar-refractivity contribution in [3.8, 4) is 0 Å². The standard InChI is InChI=1S/C4H12OSi.CH3F/c1-5-6(2,3)4;1-2/h1-4H3;1H3. The van der Waals surface area contributed by atoms with E-state index >= 15 is 0 Å². The topological polar surface area (TPSA) is 9.23 Å². The van der Waals surface area contributed by atoms with Crippen molar-refractivity contribution in [2.75, 3.05) is 14.3 Å². The lowest BCUT2D eigenvalue weighted by Crippen LogP contribution is -2.22. The van der Waals surface area contributed by atoms with Gasteiger partial charge in [0.2, 0.25) is 0 Å².